The average Bonchev–Trinajstić information content (AvgIpc) is 2.37. The average molecular weight is 296 g/mol. The Balaban J connectivity index is 2.01. The molecule has 2 rings (SSSR count). The van der Waals surface area contributed by atoms with E-state index in [9.17, 15) is 4.79 Å². The van der Waals surface area contributed by atoms with Crippen LogP contribution in [-0.4, -0.2) is 11.0 Å². The molecule has 1 aromatic carbocycles. The summed E-state index contributed by atoms with van der Waals surface area (Å²) in [5, 5.41) is 6.14. The van der Waals surface area contributed by atoms with Crippen LogP contribution in [0.4, 0.5) is 16.2 Å². The maximum atomic E-state index is 11.7. The van der Waals surface area contributed by atoms with Gasteiger partial charge in [-0.25, -0.2) is 4.79 Å². The van der Waals surface area contributed by atoms with Crippen molar-refractivity contribution in [3.8, 4) is 0 Å². The molecule has 0 spiro atoms. The number of carbonyl (C=O) groups is 1. The van der Waals surface area contributed by atoms with E-state index in [4.69, 9.17) is 23.2 Å². The molecular weight excluding hydrogens is 285 g/mol. The molecule has 0 unspecified atom stereocenters. The second-order valence-electron chi connectivity index (χ2n) is 3.90. The summed E-state index contributed by atoms with van der Waals surface area (Å²) >= 11 is 11.7. The lowest BCUT2D eigenvalue weighted by Crippen LogP contribution is -2.19. The number of halogens is 2. The quantitative estimate of drug-likeness (QED) is 0.866. The number of benzene rings is 1. The Morgan fingerprint density at radius 3 is 2.37 bits per heavy atom. The van der Waals surface area contributed by atoms with E-state index in [0.29, 0.717) is 21.4 Å². The third-order valence-corrected chi connectivity index (χ3v) is 3.09. The van der Waals surface area contributed by atoms with Crippen molar-refractivity contribution in [1.82, 2.24) is 4.98 Å². The molecule has 0 aliphatic carbocycles. The summed E-state index contributed by atoms with van der Waals surface area (Å²) in [4.78, 5) is 15.8. The van der Waals surface area contributed by atoms with Gasteiger partial charge in [0, 0.05) is 11.4 Å². The van der Waals surface area contributed by atoms with Crippen LogP contribution in [0.2, 0.25) is 10.0 Å². The monoisotopic (exact) mass is 295 g/mol. The molecule has 4 nitrogen and oxygen atoms in total. The molecule has 0 radical (unpaired) electrons. The van der Waals surface area contributed by atoms with Gasteiger partial charge in [0.05, 0.1) is 21.9 Å². The minimum absolute atomic E-state index is 0.371. The minimum Gasteiger partial charge on any atom is -0.308 e. The van der Waals surface area contributed by atoms with Crippen LogP contribution in [0.5, 0.6) is 0 Å². The first-order chi connectivity index (χ1) is 9.04. The van der Waals surface area contributed by atoms with Gasteiger partial charge in [0.1, 0.15) is 0 Å². The van der Waals surface area contributed by atoms with Gasteiger partial charge in [-0.15, -0.1) is 0 Å². The first-order valence-electron chi connectivity index (χ1n) is 5.50. The van der Waals surface area contributed by atoms with E-state index < -0.39 is 0 Å². The molecule has 0 saturated carbocycles. The number of aromatic nitrogens is 1. The summed E-state index contributed by atoms with van der Waals surface area (Å²) < 4.78 is 0. The van der Waals surface area contributed by atoms with Crippen molar-refractivity contribution in [1.29, 1.82) is 0 Å². The van der Waals surface area contributed by atoms with Gasteiger partial charge < -0.3 is 10.6 Å². The van der Waals surface area contributed by atoms with Crippen molar-refractivity contribution in [2.45, 2.75) is 6.92 Å². The van der Waals surface area contributed by atoms with Crippen LogP contribution in [0.3, 0.4) is 0 Å². The zero-order chi connectivity index (χ0) is 13.8. The standard InChI is InChI=1S/C13H11Cl2N3O/c1-8-2-3-10(7-16-8)18-13(19)17-9-4-5-11(14)12(15)6-9/h2-7H,1H3,(H2,17,18,19). The lowest BCUT2D eigenvalue weighted by atomic mass is 10.3. The van der Waals surface area contributed by atoms with E-state index in [0.717, 1.165) is 5.69 Å². The molecule has 2 aromatic rings. The summed E-state index contributed by atoms with van der Waals surface area (Å²) in [6, 6.07) is 8.08. The molecule has 98 valence electrons. The highest BCUT2D eigenvalue weighted by Gasteiger charge is 2.04. The molecular formula is C13H11Cl2N3O. The molecule has 0 aliphatic rings. The van der Waals surface area contributed by atoms with Gasteiger partial charge in [-0.2, -0.15) is 0 Å². The number of amides is 2. The second-order valence-corrected chi connectivity index (χ2v) is 4.71. The molecule has 1 aromatic heterocycles. The topological polar surface area (TPSA) is 54.0 Å². The number of rotatable bonds is 2. The van der Waals surface area contributed by atoms with Gasteiger partial charge in [0.15, 0.2) is 0 Å². The number of pyridine rings is 1. The Hall–Kier alpha value is -1.78. The first kappa shape index (κ1) is 13.6. The molecule has 19 heavy (non-hydrogen) atoms. The van der Waals surface area contributed by atoms with E-state index in [1.54, 1.807) is 30.5 Å². The van der Waals surface area contributed by atoms with Gasteiger partial charge in [-0.1, -0.05) is 23.2 Å². The number of hydrogen-bond acceptors (Lipinski definition) is 2. The van der Waals surface area contributed by atoms with Crippen LogP contribution >= 0.6 is 23.2 Å². The maximum Gasteiger partial charge on any atom is 0.323 e. The number of carbonyl (C=O) groups excluding carboxylic acids is 1. The predicted octanol–water partition coefficient (Wildman–Crippen LogP) is 4.34. The van der Waals surface area contributed by atoms with Gasteiger partial charge in [-0.05, 0) is 37.3 Å². The van der Waals surface area contributed by atoms with Crippen molar-refractivity contribution < 1.29 is 4.79 Å². The Kier molecular flexibility index (Phi) is 4.24. The maximum absolute atomic E-state index is 11.7. The third-order valence-electron chi connectivity index (χ3n) is 2.35. The summed E-state index contributed by atoms with van der Waals surface area (Å²) in [5.74, 6) is 0. The number of anilines is 2. The molecule has 0 atom stereocenters. The van der Waals surface area contributed by atoms with Gasteiger partial charge in [-0.3, -0.25) is 4.98 Å². The predicted molar refractivity (Wildman–Crippen MR) is 78.1 cm³/mol. The van der Waals surface area contributed by atoms with E-state index in [-0.39, 0.29) is 6.03 Å². The largest absolute Gasteiger partial charge is 0.323 e. The molecule has 2 N–H and O–H groups in total. The number of hydrogen-bond donors (Lipinski definition) is 2. The van der Waals surface area contributed by atoms with Crippen LogP contribution in [0.1, 0.15) is 5.69 Å². The lowest BCUT2D eigenvalue weighted by Gasteiger charge is -2.08. The third kappa shape index (κ3) is 3.84. The Morgan fingerprint density at radius 1 is 1.05 bits per heavy atom. The van der Waals surface area contributed by atoms with Crippen LogP contribution in [-0.2, 0) is 0 Å². The minimum atomic E-state index is -0.371. The fourth-order valence-corrected chi connectivity index (χ4v) is 1.71. The highest BCUT2D eigenvalue weighted by Crippen LogP contribution is 2.25. The molecule has 0 bridgehead atoms. The highest BCUT2D eigenvalue weighted by atomic mass is 35.5. The number of nitrogens with one attached hydrogen (secondary N) is 2. The van der Waals surface area contributed by atoms with Gasteiger partial charge >= 0.3 is 6.03 Å². The first-order valence-corrected chi connectivity index (χ1v) is 6.26. The highest BCUT2D eigenvalue weighted by molar-refractivity contribution is 6.42. The van der Waals surface area contributed by atoms with Crippen molar-refractivity contribution in [2.24, 2.45) is 0 Å². The number of nitrogens with zero attached hydrogens (tertiary/aromatic N) is 1. The summed E-state index contributed by atoms with van der Waals surface area (Å²) in [6.45, 7) is 1.87. The number of aryl methyl sites for hydroxylation is 1. The Labute approximate surface area is 120 Å². The Bertz CT molecular complexity index is 599. The smallest absolute Gasteiger partial charge is 0.308 e. The van der Waals surface area contributed by atoms with Crippen LogP contribution in [0.15, 0.2) is 36.5 Å². The second kappa shape index (κ2) is 5.91. The van der Waals surface area contributed by atoms with E-state index in [1.165, 1.54) is 0 Å². The molecule has 0 aliphatic heterocycles. The van der Waals surface area contributed by atoms with Crippen molar-refractivity contribution in [3.63, 3.8) is 0 Å². The van der Waals surface area contributed by atoms with Gasteiger partial charge in [0.25, 0.3) is 0 Å². The van der Waals surface area contributed by atoms with E-state index in [2.05, 4.69) is 15.6 Å². The van der Waals surface area contributed by atoms with Crippen LogP contribution in [0, 0.1) is 6.92 Å². The Morgan fingerprint density at radius 2 is 1.74 bits per heavy atom. The summed E-state index contributed by atoms with van der Waals surface area (Å²) in [7, 11) is 0. The van der Waals surface area contributed by atoms with E-state index >= 15 is 0 Å². The molecule has 2 amide bonds. The normalized spacial score (nSPS) is 10.1. The SMILES string of the molecule is Cc1ccc(NC(=O)Nc2ccc(Cl)c(Cl)c2)cn1. The van der Waals surface area contributed by atoms with E-state index in [1.807, 2.05) is 13.0 Å². The van der Waals surface area contributed by atoms with Crippen molar-refractivity contribution in [3.05, 3.63) is 52.3 Å². The summed E-state index contributed by atoms with van der Waals surface area (Å²) in [5.41, 5.74) is 2.06. The number of urea groups is 1. The van der Waals surface area contributed by atoms with Crippen LogP contribution < -0.4 is 10.6 Å². The van der Waals surface area contributed by atoms with Gasteiger partial charge in [0.2, 0.25) is 0 Å². The van der Waals surface area contributed by atoms with Crippen molar-refractivity contribution >= 4 is 40.6 Å². The van der Waals surface area contributed by atoms with Crippen molar-refractivity contribution in [2.75, 3.05) is 10.6 Å². The summed E-state index contributed by atoms with van der Waals surface area (Å²) in [6.07, 6.45) is 1.59. The molecule has 1 heterocycles. The molecule has 0 fully saturated rings. The fraction of sp³-hybridized carbons (Fsp3) is 0.0769. The molecule has 6 heteroatoms. The zero-order valence-corrected chi connectivity index (χ0v) is 11.6. The lowest BCUT2D eigenvalue weighted by molar-refractivity contribution is 0.262. The molecule has 0 saturated heterocycles. The fourth-order valence-electron chi connectivity index (χ4n) is 1.41. The van der Waals surface area contributed by atoms with Crippen LogP contribution in [0.25, 0.3) is 0 Å². The zero-order valence-electron chi connectivity index (χ0n) is 10.1.